The standard InChI is InChI=1S/C6H10F3NO3S/c1-14(12)3-2-10-5(11)13-4-6(7,8)9/h2-4H2,1H3,(H,10,11). The van der Waals surface area contributed by atoms with Crippen LogP contribution in [0.15, 0.2) is 0 Å². The van der Waals surface area contributed by atoms with Gasteiger partial charge in [0.2, 0.25) is 0 Å². The Morgan fingerprint density at radius 2 is 2.07 bits per heavy atom. The van der Waals surface area contributed by atoms with Crippen LogP contribution in [0, 0.1) is 0 Å². The van der Waals surface area contributed by atoms with Crippen molar-refractivity contribution >= 4 is 16.9 Å². The quantitative estimate of drug-likeness (QED) is 0.775. The van der Waals surface area contributed by atoms with Crippen LogP contribution in [0.1, 0.15) is 0 Å². The van der Waals surface area contributed by atoms with Crippen LogP contribution in [-0.2, 0) is 15.5 Å². The van der Waals surface area contributed by atoms with Gasteiger partial charge in [0.1, 0.15) is 0 Å². The van der Waals surface area contributed by atoms with Gasteiger partial charge in [0.25, 0.3) is 0 Å². The van der Waals surface area contributed by atoms with Gasteiger partial charge in [-0.2, -0.15) is 13.2 Å². The minimum Gasteiger partial charge on any atom is -0.440 e. The Bertz CT molecular complexity index is 219. The van der Waals surface area contributed by atoms with Gasteiger partial charge in [0, 0.05) is 29.4 Å². The highest BCUT2D eigenvalue weighted by Crippen LogP contribution is 2.14. The minimum absolute atomic E-state index is 0.0276. The van der Waals surface area contributed by atoms with Gasteiger partial charge in [-0.15, -0.1) is 0 Å². The van der Waals surface area contributed by atoms with E-state index in [4.69, 9.17) is 0 Å². The fraction of sp³-hybridized carbons (Fsp3) is 0.833. The molecule has 0 aromatic rings. The monoisotopic (exact) mass is 233 g/mol. The van der Waals surface area contributed by atoms with Crippen LogP contribution in [0.3, 0.4) is 0 Å². The molecule has 0 aliphatic carbocycles. The van der Waals surface area contributed by atoms with Gasteiger partial charge in [-0.05, 0) is 0 Å². The molecular weight excluding hydrogens is 223 g/mol. The molecule has 0 fully saturated rings. The Labute approximate surface area is 81.3 Å². The topological polar surface area (TPSA) is 55.4 Å². The lowest BCUT2D eigenvalue weighted by molar-refractivity contribution is -0.160. The number of hydrogen-bond donors (Lipinski definition) is 1. The number of carbonyl (C=O) groups excluding carboxylic acids is 1. The van der Waals surface area contributed by atoms with Gasteiger partial charge < -0.3 is 10.1 Å². The first-order chi connectivity index (χ1) is 6.31. The van der Waals surface area contributed by atoms with Crippen LogP contribution in [0.2, 0.25) is 0 Å². The minimum atomic E-state index is -4.52. The van der Waals surface area contributed by atoms with Gasteiger partial charge in [-0.3, -0.25) is 4.21 Å². The van der Waals surface area contributed by atoms with Crippen molar-refractivity contribution in [2.24, 2.45) is 0 Å². The Morgan fingerprint density at radius 3 is 2.50 bits per heavy atom. The second-order valence-corrected chi connectivity index (χ2v) is 3.95. The van der Waals surface area contributed by atoms with Crippen molar-refractivity contribution in [1.29, 1.82) is 0 Å². The zero-order chi connectivity index (χ0) is 11.2. The Morgan fingerprint density at radius 1 is 1.50 bits per heavy atom. The van der Waals surface area contributed by atoms with Crippen LogP contribution < -0.4 is 5.32 Å². The van der Waals surface area contributed by atoms with Crippen LogP contribution in [0.4, 0.5) is 18.0 Å². The maximum atomic E-state index is 11.5. The summed E-state index contributed by atoms with van der Waals surface area (Å²) < 4.78 is 48.8. The SMILES string of the molecule is CS(=O)CCNC(=O)OCC(F)(F)F. The lowest BCUT2D eigenvalue weighted by Gasteiger charge is -2.08. The van der Waals surface area contributed by atoms with Crippen molar-refractivity contribution in [2.75, 3.05) is 25.2 Å². The molecule has 0 aliphatic rings. The highest BCUT2D eigenvalue weighted by atomic mass is 32.2. The fourth-order valence-electron chi connectivity index (χ4n) is 0.495. The molecule has 1 amide bonds. The molecule has 0 radical (unpaired) electrons. The summed E-state index contributed by atoms with van der Waals surface area (Å²) in [6.07, 6.45) is -4.26. The molecule has 0 aromatic heterocycles. The van der Waals surface area contributed by atoms with Crippen molar-refractivity contribution in [2.45, 2.75) is 6.18 Å². The van der Waals surface area contributed by atoms with E-state index in [9.17, 15) is 22.2 Å². The molecule has 0 saturated carbocycles. The molecule has 0 saturated heterocycles. The number of rotatable bonds is 4. The first-order valence-corrected chi connectivity index (χ1v) is 5.31. The summed E-state index contributed by atoms with van der Waals surface area (Å²) in [6.45, 7) is -1.59. The summed E-state index contributed by atoms with van der Waals surface area (Å²) in [5.41, 5.74) is 0. The second kappa shape index (κ2) is 5.84. The third-order valence-corrected chi connectivity index (χ3v) is 1.80. The maximum absolute atomic E-state index is 11.5. The van der Waals surface area contributed by atoms with E-state index in [-0.39, 0.29) is 12.3 Å². The molecule has 0 rings (SSSR count). The fourth-order valence-corrected chi connectivity index (χ4v) is 0.885. The Kier molecular flexibility index (Phi) is 5.51. The lowest BCUT2D eigenvalue weighted by Crippen LogP contribution is -2.31. The molecule has 0 aromatic carbocycles. The van der Waals surface area contributed by atoms with E-state index in [0.29, 0.717) is 0 Å². The summed E-state index contributed by atoms with van der Waals surface area (Å²) >= 11 is 0. The van der Waals surface area contributed by atoms with Crippen LogP contribution in [0.25, 0.3) is 0 Å². The van der Waals surface area contributed by atoms with Crippen molar-refractivity contribution in [3.63, 3.8) is 0 Å². The van der Waals surface area contributed by atoms with E-state index in [1.165, 1.54) is 6.26 Å². The molecule has 0 aliphatic heterocycles. The number of nitrogens with one attached hydrogen (secondary N) is 1. The number of amides is 1. The van der Waals surface area contributed by atoms with Gasteiger partial charge in [-0.25, -0.2) is 4.79 Å². The third kappa shape index (κ3) is 9.30. The molecule has 14 heavy (non-hydrogen) atoms. The number of hydrogen-bond acceptors (Lipinski definition) is 3. The van der Waals surface area contributed by atoms with Crippen molar-refractivity contribution in [3.8, 4) is 0 Å². The van der Waals surface area contributed by atoms with Crippen molar-refractivity contribution in [3.05, 3.63) is 0 Å². The summed E-state index contributed by atoms with van der Waals surface area (Å²) in [6, 6.07) is 0. The van der Waals surface area contributed by atoms with Gasteiger partial charge >= 0.3 is 12.3 Å². The molecule has 1 atom stereocenters. The average Bonchev–Trinajstić information content (AvgIpc) is 1.99. The smallest absolute Gasteiger partial charge is 0.422 e. The normalized spacial score (nSPS) is 13.4. The van der Waals surface area contributed by atoms with Crippen molar-refractivity contribution < 1.29 is 26.9 Å². The summed E-state index contributed by atoms with van der Waals surface area (Å²) in [4.78, 5) is 10.5. The Hall–Kier alpha value is -0.790. The maximum Gasteiger partial charge on any atom is 0.422 e. The second-order valence-electron chi connectivity index (χ2n) is 2.40. The summed E-state index contributed by atoms with van der Waals surface area (Å²) in [5.74, 6) is 0.182. The number of carbonyl (C=O) groups is 1. The molecule has 84 valence electrons. The number of alkyl carbamates (subject to hydrolysis) is 1. The predicted octanol–water partition coefficient (Wildman–Crippen LogP) is 0.653. The predicted molar refractivity (Wildman–Crippen MR) is 44.3 cm³/mol. The molecule has 8 heteroatoms. The zero-order valence-electron chi connectivity index (χ0n) is 7.39. The molecule has 0 heterocycles. The van der Waals surface area contributed by atoms with E-state index in [0.717, 1.165) is 0 Å². The lowest BCUT2D eigenvalue weighted by atomic mass is 10.7. The van der Waals surface area contributed by atoms with E-state index in [2.05, 4.69) is 4.74 Å². The van der Waals surface area contributed by atoms with Gasteiger partial charge in [-0.1, -0.05) is 0 Å². The number of halogens is 3. The average molecular weight is 233 g/mol. The van der Waals surface area contributed by atoms with Crippen LogP contribution in [0.5, 0.6) is 0 Å². The number of ether oxygens (including phenoxy) is 1. The summed E-state index contributed by atoms with van der Waals surface area (Å²) in [5, 5.41) is 2.03. The van der Waals surface area contributed by atoms with Crippen molar-refractivity contribution in [1.82, 2.24) is 5.32 Å². The largest absolute Gasteiger partial charge is 0.440 e. The molecule has 1 N–H and O–H groups in total. The first-order valence-electron chi connectivity index (χ1n) is 3.58. The van der Waals surface area contributed by atoms with E-state index < -0.39 is 29.7 Å². The Balaban J connectivity index is 3.52. The number of alkyl halides is 3. The van der Waals surface area contributed by atoms with Crippen LogP contribution >= 0.6 is 0 Å². The van der Waals surface area contributed by atoms with Gasteiger partial charge in [0.15, 0.2) is 6.61 Å². The van der Waals surface area contributed by atoms with E-state index >= 15 is 0 Å². The zero-order valence-corrected chi connectivity index (χ0v) is 8.20. The molecule has 0 bridgehead atoms. The third-order valence-electron chi connectivity index (χ3n) is 1.03. The summed E-state index contributed by atoms with van der Waals surface area (Å²) in [7, 11) is -1.10. The molecule has 1 unspecified atom stereocenters. The van der Waals surface area contributed by atoms with E-state index in [1.54, 1.807) is 0 Å². The molecular formula is C6H10F3NO3S. The highest BCUT2D eigenvalue weighted by molar-refractivity contribution is 7.84. The van der Waals surface area contributed by atoms with Gasteiger partial charge in [0.05, 0.1) is 0 Å². The molecule has 0 spiro atoms. The first kappa shape index (κ1) is 13.2. The van der Waals surface area contributed by atoms with E-state index in [1.807, 2.05) is 5.32 Å². The highest BCUT2D eigenvalue weighted by Gasteiger charge is 2.29. The molecule has 4 nitrogen and oxygen atoms in total. The van der Waals surface area contributed by atoms with Crippen LogP contribution in [-0.4, -0.2) is 41.6 Å².